The molecule has 2 rings (SSSR count). The summed E-state index contributed by atoms with van der Waals surface area (Å²) in [6, 6.07) is 6.88. The van der Waals surface area contributed by atoms with Crippen molar-refractivity contribution in [1.29, 1.82) is 5.41 Å². The minimum absolute atomic E-state index is 0.195. The van der Waals surface area contributed by atoms with Gasteiger partial charge in [0.1, 0.15) is 17.4 Å². The number of carbonyl (C=O) groups excluding carboxylic acids is 1. The number of carbonyl (C=O) groups is 1. The number of aromatic nitrogens is 2. The van der Waals surface area contributed by atoms with Gasteiger partial charge < -0.3 is 21.5 Å². The van der Waals surface area contributed by atoms with E-state index in [1.54, 1.807) is 31.2 Å². The molecular formula is C23H35IN6O2. The van der Waals surface area contributed by atoms with Gasteiger partial charge in [0, 0.05) is 22.1 Å². The molecule has 1 amide bonds. The highest BCUT2D eigenvalue weighted by molar-refractivity contribution is 14.1. The molecule has 1 aromatic heterocycles. The number of halogens is 1. The summed E-state index contributed by atoms with van der Waals surface area (Å²) in [5.41, 5.74) is 11.7. The van der Waals surface area contributed by atoms with Crippen LogP contribution in [0.3, 0.4) is 0 Å². The zero-order valence-electron chi connectivity index (χ0n) is 20.1. The summed E-state index contributed by atoms with van der Waals surface area (Å²) >= 11 is 2.18. The number of nitrogens with one attached hydrogen (secondary N) is 2. The zero-order valence-corrected chi connectivity index (χ0v) is 22.3. The predicted octanol–water partition coefficient (Wildman–Crippen LogP) is 4.16. The van der Waals surface area contributed by atoms with Crippen LogP contribution in [0.4, 0.5) is 11.5 Å². The molecule has 0 spiro atoms. The van der Waals surface area contributed by atoms with Crippen molar-refractivity contribution in [2.45, 2.75) is 72.4 Å². The van der Waals surface area contributed by atoms with Gasteiger partial charge in [-0.15, -0.1) is 0 Å². The molecule has 32 heavy (non-hydrogen) atoms. The Morgan fingerprint density at radius 2 is 1.66 bits per heavy atom. The summed E-state index contributed by atoms with van der Waals surface area (Å²) in [6.07, 6.45) is -0.730. The van der Waals surface area contributed by atoms with Crippen molar-refractivity contribution >= 4 is 45.8 Å². The summed E-state index contributed by atoms with van der Waals surface area (Å²) in [4.78, 5) is 12.9. The Bertz CT molecular complexity index is 1000. The summed E-state index contributed by atoms with van der Waals surface area (Å²) in [7, 11) is 0. The normalized spacial score (nSPS) is 13.5. The van der Waals surface area contributed by atoms with Crippen LogP contribution in [-0.2, 0) is 10.2 Å². The molecule has 1 unspecified atom stereocenters. The van der Waals surface area contributed by atoms with Crippen LogP contribution in [0.2, 0.25) is 0 Å². The van der Waals surface area contributed by atoms with Crippen LogP contribution in [-0.4, -0.2) is 33.2 Å². The Balaban J connectivity index is 2.23. The monoisotopic (exact) mass is 554 g/mol. The van der Waals surface area contributed by atoms with Crippen LogP contribution < -0.4 is 21.5 Å². The fourth-order valence-electron chi connectivity index (χ4n) is 2.99. The zero-order chi connectivity index (χ0) is 24.6. The third kappa shape index (κ3) is 5.19. The lowest BCUT2D eigenvalue weighted by Crippen LogP contribution is -2.60. The van der Waals surface area contributed by atoms with Gasteiger partial charge >= 0.3 is 0 Å². The van der Waals surface area contributed by atoms with Crippen LogP contribution in [0.15, 0.2) is 24.3 Å². The summed E-state index contributed by atoms with van der Waals surface area (Å²) in [5, 5.41) is 16.6. The molecule has 9 heteroatoms. The van der Waals surface area contributed by atoms with E-state index in [2.05, 4.69) is 53.8 Å². The maximum absolute atomic E-state index is 12.9. The Hall–Kier alpha value is -2.30. The number of anilines is 2. The molecular weight excluding hydrogens is 519 g/mol. The molecule has 1 aromatic carbocycles. The fourth-order valence-corrected chi connectivity index (χ4v) is 4.14. The van der Waals surface area contributed by atoms with E-state index >= 15 is 0 Å². The van der Waals surface area contributed by atoms with E-state index in [0.29, 0.717) is 17.3 Å². The maximum Gasteiger partial charge on any atom is 0.261 e. The molecule has 0 aliphatic carbocycles. The molecule has 0 aliphatic heterocycles. The van der Waals surface area contributed by atoms with Gasteiger partial charge in [0.2, 0.25) is 0 Å². The number of hydrogen-bond acceptors (Lipinski definition) is 6. The Labute approximate surface area is 204 Å². The average Bonchev–Trinajstić information content (AvgIpc) is 2.97. The van der Waals surface area contributed by atoms with Crippen molar-refractivity contribution in [2.75, 3.05) is 11.5 Å². The van der Waals surface area contributed by atoms with Gasteiger partial charge in [0.25, 0.3) is 5.91 Å². The van der Waals surface area contributed by atoms with Gasteiger partial charge in [-0.25, -0.2) is 4.68 Å². The number of rotatable bonds is 6. The van der Waals surface area contributed by atoms with E-state index in [0.717, 1.165) is 9.26 Å². The number of amides is 1. The highest BCUT2D eigenvalue weighted by Crippen LogP contribution is 2.36. The standard InChI is InChI=1S/C23H35IN6O2/c1-13(32-15-11-9-14(25)10-12-15)19(31)28-23(7,8)22(5,6)20(27)30-18(26)16(24)17(29-30)21(2,3)4/h9-13,27H,25-26H2,1-8H3,(H,28,31). The number of nitrogens with zero attached hydrogens (tertiary/aromatic N) is 2. The van der Waals surface area contributed by atoms with E-state index in [9.17, 15) is 4.79 Å². The van der Waals surface area contributed by atoms with Gasteiger partial charge in [0.05, 0.1) is 9.26 Å². The lowest BCUT2D eigenvalue weighted by molar-refractivity contribution is -0.129. The van der Waals surface area contributed by atoms with Crippen LogP contribution in [0.1, 0.15) is 61.1 Å². The summed E-state index contributed by atoms with van der Waals surface area (Å²) < 4.78 is 8.06. The number of nitrogens with two attached hydrogens (primary N) is 2. The van der Waals surface area contributed by atoms with Gasteiger partial charge in [-0.3, -0.25) is 10.2 Å². The van der Waals surface area contributed by atoms with Gasteiger partial charge in [0.15, 0.2) is 6.10 Å². The smallest absolute Gasteiger partial charge is 0.261 e. The lowest BCUT2D eigenvalue weighted by Gasteiger charge is -2.42. The quantitative estimate of drug-likeness (QED) is 0.184. The highest BCUT2D eigenvalue weighted by atomic mass is 127. The first-order chi connectivity index (χ1) is 14.5. The van der Waals surface area contributed by atoms with Crippen LogP contribution in [0, 0.1) is 14.4 Å². The molecule has 0 radical (unpaired) electrons. The third-order valence-electron chi connectivity index (χ3n) is 5.94. The molecule has 8 nitrogen and oxygen atoms in total. The molecule has 6 N–H and O–H groups in total. The van der Waals surface area contributed by atoms with Crippen molar-refractivity contribution in [3.8, 4) is 5.75 Å². The molecule has 0 saturated carbocycles. The molecule has 1 heterocycles. The van der Waals surface area contributed by atoms with Crippen LogP contribution in [0.5, 0.6) is 5.75 Å². The summed E-state index contributed by atoms with van der Waals surface area (Å²) in [5.74, 6) is 0.892. The number of nitrogen functional groups attached to an aromatic ring is 2. The molecule has 0 bridgehead atoms. The second-order valence-electron chi connectivity index (χ2n) is 10.1. The van der Waals surface area contributed by atoms with Crippen molar-refractivity contribution < 1.29 is 9.53 Å². The largest absolute Gasteiger partial charge is 0.481 e. The topological polar surface area (TPSA) is 132 Å². The third-order valence-corrected chi connectivity index (χ3v) is 7.00. The minimum Gasteiger partial charge on any atom is -0.481 e. The predicted molar refractivity (Wildman–Crippen MR) is 138 cm³/mol. The lowest BCUT2D eigenvalue weighted by atomic mass is 9.73. The SMILES string of the molecule is CC(Oc1ccc(N)cc1)C(=O)NC(C)(C)C(C)(C)C(=N)n1nc(C(C)(C)C)c(I)c1N. The van der Waals surface area contributed by atoms with Gasteiger partial charge in [-0.1, -0.05) is 34.6 Å². The molecule has 176 valence electrons. The Morgan fingerprint density at radius 1 is 1.12 bits per heavy atom. The number of benzene rings is 1. The minimum atomic E-state index is -0.804. The van der Waals surface area contributed by atoms with Crippen molar-refractivity contribution in [2.24, 2.45) is 5.41 Å². The van der Waals surface area contributed by atoms with E-state index < -0.39 is 17.1 Å². The molecule has 0 aliphatic rings. The van der Waals surface area contributed by atoms with Gasteiger partial charge in [-0.2, -0.15) is 5.10 Å². The van der Waals surface area contributed by atoms with Crippen molar-refractivity contribution in [3.63, 3.8) is 0 Å². The Kier molecular flexibility index (Phi) is 7.23. The van der Waals surface area contributed by atoms with E-state index in [1.165, 1.54) is 4.68 Å². The number of hydrogen-bond donors (Lipinski definition) is 4. The van der Waals surface area contributed by atoms with Crippen LogP contribution >= 0.6 is 22.6 Å². The van der Waals surface area contributed by atoms with E-state index in [-0.39, 0.29) is 17.2 Å². The Morgan fingerprint density at radius 3 is 2.12 bits per heavy atom. The molecule has 0 fully saturated rings. The second kappa shape index (κ2) is 8.92. The number of ether oxygens (including phenoxy) is 1. The molecule has 2 aromatic rings. The first kappa shape index (κ1) is 26.0. The summed E-state index contributed by atoms with van der Waals surface area (Å²) in [6.45, 7) is 15.4. The van der Waals surface area contributed by atoms with E-state index in [4.69, 9.17) is 21.6 Å². The van der Waals surface area contributed by atoms with Gasteiger partial charge in [-0.05, 0) is 67.6 Å². The first-order valence-electron chi connectivity index (χ1n) is 10.5. The maximum atomic E-state index is 12.9. The molecule has 0 saturated heterocycles. The van der Waals surface area contributed by atoms with Crippen LogP contribution in [0.25, 0.3) is 0 Å². The highest BCUT2D eigenvalue weighted by Gasteiger charge is 2.44. The second-order valence-corrected chi connectivity index (χ2v) is 11.2. The van der Waals surface area contributed by atoms with Crippen molar-refractivity contribution in [3.05, 3.63) is 33.5 Å². The van der Waals surface area contributed by atoms with Crippen molar-refractivity contribution in [1.82, 2.24) is 15.1 Å². The molecule has 1 atom stereocenters. The average molecular weight is 554 g/mol. The first-order valence-corrected chi connectivity index (χ1v) is 11.5. The van der Waals surface area contributed by atoms with E-state index in [1.807, 2.05) is 27.7 Å². The fraction of sp³-hybridized carbons (Fsp3) is 0.522.